The number of carbonyl (C=O) groups is 1. The smallest absolute Gasteiger partial charge is 0.251 e. The number of sulfonamides is 1. The molecule has 2 rings (SSSR count). The van der Waals surface area contributed by atoms with E-state index in [0.717, 1.165) is 24.0 Å². The van der Waals surface area contributed by atoms with Gasteiger partial charge in [0.1, 0.15) is 0 Å². The van der Waals surface area contributed by atoms with Crippen molar-refractivity contribution < 1.29 is 13.2 Å². The zero-order valence-electron chi connectivity index (χ0n) is 14.6. The van der Waals surface area contributed by atoms with E-state index in [1.807, 2.05) is 38.1 Å². The van der Waals surface area contributed by atoms with Gasteiger partial charge in [-0.05, 0) is 37.1 Å². The quantitative estimate of drug-likeness (QED) is 0.711. The highest BCUT2D eigenvalue weighted by Crippen LogP contribution is 2.12. The topological polar surface area (TPSA) is 75.3 Å². The Hall–Kier alpha value is -2.18. The summed E-state index contributed by atoms with van der Waals surface area (Å²) in [7, 11) is -3.59. The minimum atomic E-state index is -3.59. The lowest BCUT2D eigenvalue weighted by Gasteiger charge is -2.09. The third-order valence-corrected chi connectivity index (χ3v) is 5.26. The molecule has 0 unspecified atom stereocenters. The van der Waals surface area contributed by atoms with Crippen LogP contribution in [0.5, 0.6) is 0 Å². The van der Waals surface area contributed by atoms with Crippen molar-refractivity contribution in [2.24, 2.45) is 0 Å². The highest BCUT2D eigenvalue weighted by atomic mass is 32.2. The Labute approximate surface area is 149 Å². The minimum Gasteiger partial charge on any atom is -0.348 e. The number of nitrogens with one attached hydrogen (secondary N) is 2. The maximum absolute atomic E-state index is 12.3. The van der Waals surface area contributed by atoms with Gasteiger partial charge in [0, 0.05) is 18.7 Å². The molecule has 0 radical (unpaired) electrons. The first-order valence-electron chi connectivity index (χ1n) is 8.36. The summed E-state index contributed by atoms with van der Waals surface area (Å²) in [5, 5.41) is 2.81. The van der Waals surface area contributed by atoms with Crippen molar-refractivity contribution in [2.45, 2.75) is 38.1 Å². The fraction of sp³-hybridized carbons (Fsp3) is 0.316. The molecular formula is C19H24N2O3S. The van der Waals surface area contributed by atoms with E-state index in [1.165, 1.54) is 12.1 Å². The number of carbonyl (C=O) groups excluding carboxylic acids is 1. The molecule has 0 aliphatic carbocycles. The standard InChI is InChI=1S/C19H24N2O3S/c1-3-4-12-21-25(23,24)18-7-5-6-17(13-18)19(22)20-14-16-10-8-15(2)9-11-16/h5-11,13,21H,3-4,12,14H2,1-2H3,(H,20,22). The van der Waals surface area contributed by atoms with E-state index in [-0.39, 0.29) is 10.8 Å². The molecule has 5 nitrogen and oxygen atoms in total. The molecule has 0 bridgehead atoms. The number of hydrogen-bond acceptors (Lipinski definition) is 3. The summed E-state index contributed by atoms with van der Waals surface area (Å²) in [4.78, 5) is 12.4. The molecule has 0 spiro atoms. The second-order valence-corrected chi connectivity index (χ2v) is 7.71. The molecule has 2 aromatic carbocycles. The van der Waals surface area contributed by atoms with Crippen molar-refractivity contribution in [3.8, 4) is 0 Å². The summed E-state index contributed by atoms with van der Waals surface area (Å²) in [6, 6.07) is 13.9. The monoisotopic (exact) mass is 360 g/mol. The van der Waals surface area contributed by atoms with Gasteiger partial charge in [-0.1, -0.05) is 49.2 Å². The number of hydrogen-bond donors (Lipinski definition) is 2. The Morgan fingerprint density at radius 1 is 1.08 bits per heavy atom. The van der Waals surface area contributed by atoms with E-state index in [2.05, 4.69) is 10.0 Å². The third-order valence-electron chi connectivity index (χ3n) is 3.80. The molecule has 0 aliphatic heterocycles. The first-order valence-corrected chi connectivity index (χ1v) is 9.84. The maximum Gasteiger partial charge on any atom is 0.251 e. The van der Waals surface area contributed by atoms with Crippen LogP contribution in [0, 0.1) is 6.92 Å². The predicted molar refractivity (Wildman–Crippen MR) is 98.9 cm³/mol. The largest absolute Gasteiger partial charge is 0.348 e. The van der Waals surface area contributed by atoms with Gasteiger partial charge >= 0.3 is 0 Å². The first kappa shape index (κ1) is 19.1. The number of amides is 1. The molecule has 0 saturated heterocycles. The molecule has 2 aromatic rings. The van der Waals surface area contributed by atoms with Crippen LogP contribution in [0.2, 0.25) is 0 Å². The van der Waals surface area contributed by atoms with Gasteiger partial charge in [-0.3, -0.25) is 4.79 Å². The van der Waals surface area contributed by atoms with Gasteiger partial charge in [-0.15, -0.1) is 0 Å². The second kappa shape index (κ2) is 8.78. The van der Waals surface area contributed by atoms with Crippen LogP contribution in [0.3, 0.4) is 0 Å². The third kappa shape index (κ3) is 5.69. The maximum atomic E-state index is 12.3. The zero-order valence-corrected chi connectivity index (χ0v) is 15.4. The van der Waals surface area contributed by atoms with Crippen LogP contribution in [0.4, 0.5) is 0 Å². The van der Waals surface area contributed by atoms with E-state index >= 15 is 0 Å². The molecule has 134 valence electrons. The summed E-state index contributed by atoms with van der Waals surface area (Å²) in [5.41, 5.74) is 2.47. The van der Waals surface area contributed by atoms with Crippen molar-refractivity contribution in [3.05, 3.63) is 65.2 Å². The van der Waals surface area contributed by atoms with E-state index in [9.17, 15) is 13.2 Å². The van der Waals surface area contributed by atoms with Gasteiger partial charge in [0.25, 0.3) is 5.91 Å². The fourth-order valence-corrected chi connectivity index (χ4v) is 3.38. The van der Waals surface area contributed by atoms with Gasteiger partial charge < -0.3 is 5.32 Å². The molecule has 6 heteroatoms. The fourth-order valence-electron chi connectivity index (χ4n) is 2.26. The van der Waals surface area contributed by atoms with Gasteiger partial charge in [-0.2, -0.15) is 0 Å². The van der Waals surface area contributed by atoms with Crippen molar-refractivity contribution in [1.82, 2.24) is 10.0 Å². The van der Waals surface area contributed by atoms with E-state index in [1.54, 1.807) is 12.1 Å². The van der Waals surface area contributed by atoms with Crippen molar-refractivity contribution in [2.75, 3.05) is 6.54 Å². The lowest BCUT2D eigenvalue weighted by molar-refractivity contribution is 0.0950. The van der Waals surface area contributed by atoms with Crippen LogP contribution >= 0.6 is 0 Å². The number of aryl methyl sites for hydroxylation is 1. The number of unbranched alkanes of at least 4 members (excludes halogenated alkanes) is 1. The molecule has 0 aliphatic rings. The highest BCUT2D eigenvalue weighted by molar-refractivity contribution is 7.89. The molecule has 0 heterocycles. The molecule has 2 N–H and O–H groups in total. The lowest BCUT2D eigenvalue weighted by atomic mass is 10.1. The van der Waals surface area contributed by atoms with Crippen molar-refractivity contribution in [3.63, 3.8) is 0 Å². The van der Waals surface area contributed by atoms with Gasteiger partial charge in [0.15, 0.2) is 0 Å². The van der Waals surface area contributed by atoms with Crippen LogP contribution in [0.25, 0.3) is 0 Å². The van der Waals surface area contributed by atoms with Crippen LogP contribution in [0.1, 0.15) is 41.3 Å². The Morgan fingerprint density at radius 3 is 2.48 bits per heavy atom. The summed E-state index contributed by atoms with van der Waals surface area (Å²) < 4.78 is 27.0. The summed E-state index contributed by atoms with van der Waals surface area (Å²) in [6.07, 6.45) is 1.68. The Morgan fingerprint density at radius 2 is 1.80 bits per heavy atom. The van der Waals surface area contributed by atoms with Crippen LogP contribution in [-0.4, -0.2) is 20.9 Å². The number of rotatable bonds is 8. The highest BCUT2D eigenvalue weighted by Gasteiger charge is 2.15. The molecule has 0 atom stereocenters. The van der Waals surface area contributed by atoms with Gasteiger partial charge in [0.05, 0.1) is 4.90 Å². The van der Waals surface area contributed by atoms with Crippen molar-refractivity contribution >= 4 is 15.9 Å². The zero-order chi connectivity index (χ0) is 18.3. The van der Waals surface area contributed by atoms with E-state index < -0.39 is 10.0 Å². The Kier molecular flexibility index (Phi) is 6.73. The van der Waals surface area contributed by atoms with E-state index in [4.69, 9.17) is 0 Å². The van der Waals surface area contributed by atoms with Gasteiger partial charge in [-0.25, -0.2) is 13.1 Å². The Bertz CT molecular complexity index is 815. The number of benzene rings is 2. The first-order chi connectivity index (χ1) is 11.9. The van der Waals surface area contributed by atoms with Crippen molar-refractivity contribution in [1.29, 1.82) is 0 Å². The van der Waals surface area contributed by atoms with Crippen LogP contribution in [0.15, 0.2) is 53.4 Å². The molecule has 0 fully saturated rings. The molecule has 25 heavy (non-hydrogen) atoms. The summed E-state index contributed by atoms with van der Waals surface area (Å²) >= 11 is 0. The predicted octanol–water partition coefficient (Wildman–Crippen LogP) is 3.00. The lowest BCUT2D eigenvalue weighted by Crippen LogP contribution is -2.26. The summed E-state index contributed by atoms with van der Waals surface area (Å²) in [5.74, 6) is -0.300. The van der Waals surface area contributed by atoms with E-state index in [0.29, 0.717) is 18.7 Å². The molecular weight excluding hydrogens is 336 g/mol. The average Bonchev–Trinajstić information content (AvgIpc) is 2.61. The molecule has 0 aromatic heterocycles. The normalized spacial score (nSPS) is 11.3. The SMILES string of the molecule is CCCCNS(=O)(=O)c1cccc(C(=O)NCc2ccc(C)cc2)c1. The average molecular weight is 360 g/mol. The Balaban J connectivity index is 2.04. The summed E-state index contributed by atoms with van der Waals surface area (Å²) in [6.45, 7) is 4.78. The molecule has 0 saturated carbocycles. The van der Waals surface area contributed by atoms with Gasteiger partial charge in [0.2, 0.25) is 10.0 Å². The minimum absolute atomic E-state index is 0.103. The van der Waals surface area contributed by atoms with Crippen LogP contribution < -0.4 is 10.0 Å². The van der Waals surface area contributed by atoms with Crippen LogP contribution in [-0.2, 0) is 16.6 Å². The molecule has 1 amide bonds. The second-order valence-electron chi connectivity index (χ2n) is 5.95.